The number of sulfonamides is 1. The summed E-state index contributed by atoms with van der Waals surface area (Å²) >= 11 is 1.45. The summed E-state index contributed by atoms with van der Waals surface area (Å²) in [5.41, 5.74) is 1.98. The van der Waals surface area contributed by atoms with Gasteiger partial charge in [0.05, 0.1) is 31.7 Å². The average Bonchev–Trinajstić information content (AvgIpc) is 2.88. The van der Waals surface area contributed by atoms with Crippen LogP contribution < -0.4 is 5.32 Å². The third-order valence-electron chi connectivity index (χ3n) is 5.22. The molecule has 1 aliphatic heterocycles. The lowest BCUT2D eigenvalue weighted by atomic mass is 10.1. The first kappa shape index (κ1) is 23.8. The minimum absolute atomic E-state index is 0.0295. The standard InChI is InChI=1S/C21H30N4O4S2/c1-16-17(2)30-21(22-16)23-20(26)13-24-9-10-25(31(3,27)28)12-19(11-24)15-29-14-18-7-5-4-6-8-18/h4-8,19H,9-15H2,1-3H3,(H,22,23,26)/t19-/m0/s1. The lowest BCUT2D eigenvalue weighted by molar-refractivity contribution is -0.117. The van der Waals surface area contributed by atoms with Crippen molar-refractivity contribution in [2.75, 3.05) is 50.9 Å². The summed E-state index contributed by atoms with van der Waals surface area (Å²) < 4.78 is 31.7. The number of aromatic nitrogens is 1. The molecule has 1 aromatic heterocycles. The number of nitrogens with one attached hydrogen (secondary N) is 1. The normalized spacial score (nSPS) is 18.6. The van der Waals surface area contributed by atoms with Gasteiger partial charge in [-0.1, -0.05) is 30.3 Å². The zero-order valence-corrected chi connectivity index (χ0v) is 19.8. The summed E-state index contributed by atoms with van der Waals surface area (Å²) in [6.45, 7) is 6.78. The zero-order valence-electron chi connectivity index (χ0n) is 18.2. The number of carbonyl (C=O) groups is 1. The quantitative estimate of drug-likeness (QED) is 0.641. The number of amides is 1. The molecule has 2 aromatic rings. The van der Waals surface area contributed by atoms with Gasteiger partial charge in [0.1, 0.15) is 0 Å². The van der Waals surface area contributed by atoms with E-state index in [1.165, 1.54) is 21.9 Å². The Balaban J connectivity index is 1.59. The molecule has 0 aliphatic carbocycles. The minimum Gasteiger partial charge on any atom is -0.376 e. The molecule has 0 bridgehead atoms. The maximum absolute atomic E-state index is 12.5. The number of nitrogens with zero attached hydrogens (tertiary/aromatic N) is 3. The molecule has 1 saturated heterocycles. The summed E-state index contributed by atoms with van der Waals surface area (Å²) in [7, 11) is -3.32. The van der Waals surface area contributed by atoms with E-state index in [4.69, 9.17) is 4.74 Å². The number of rotatable bonds is 8. The van der Waals surface area contributed by atoms with Crippen LogP contribution in [-0.4, -0.2) is 74.1 Å². The molecule has 0 spiro atoms. The van der Waals surface area contributed by atoms with Crippen LogP contribution in [0.3, 0.4) is 0 Å². The van der Waals surface area contributed by atoms with Crippen molar-refractivity contribution in [1.82, 2.24) is 14.2 Å². The molecular formula is C21H30N4O4S2. The van der Waals surface area contributed by atoms with Gasteiger partial charge in [-0.15, -0.1) is 11.3 Å². The fraction of sp³-hybridized carbons (Fsp3) is 0.524. The van der Waals surface area contributed by atoms with Crippen LogP contribution in [0.25, 0.3) is 0 Å². The molecule has 1 N–H and O–H groups in total. The first-order valence-electron chi connectivity index (χ1n) is 10.2. The van der Waals surface area contributed by atoms with Crippen molar-refractivity contribution in [3.63, 3.8) is 0 Å². The minimum atomic E-state index is -3.32. The van der Waals surface area contributed by atoms with Crippen LogP contribution in [0.5, 0.6) is 0 Å². The third-order valence-corrected chi connectivity index (χ3v) is 7.48. The predicted octanol–water partition coefficient (Wildman–Crippen LogP) is 2.11. The van der Waals surface area contributed by atoms with E-state index in [1.807, 2.05) is 49.1 Å². The van der Waals surface area contributed by atoms with E-state index in [0.717, 1.165) is 16.1 Å². The van der Waals surface area contributed by atoms with Crippen LogP contribution in [0.4, 0.5) is 5.13 Å². The molecule has 0 radical (unpaired) electrons. The molecule has 10 heteroatoms. The van der Waals surface area contributed by atoms with Crippen LogP contribution in [-0.2, 0) is 26.2 Å². The van der Waals surface area contributed by atoms with Crippen LogP contribution in [0.15, 0.2) is 30.3 Å². The second kappa shape index (κ2) is 10.6. The second-order valence-corrected chi connectivity index (χ2v) is 11.1. The molecule has 31 heavy (non-hydrogen) atoms. The van der Waals surface area contributed by atoms with Gasteiger partial charge in [-0.25, -0.2) is 17.7 Å². The molecular weight excluding hydrogens is 436 g/mol. The Labute approximate surface area is 188 Å². The lowest BCUT2D eigenvalue weighted by Crippen LogP contribution is -2.38. The van der Waals surface area contributed by atoms with Gasteiger partial charge in [-0.2, -0.15) is 0 Å². The topological polar surface area (TPSA) is 91.8 Å². The van der Waals surface area contributed by atoms with Gasteiger partial charge in [0.15, 0.2) is 5.13 Å². The molecule has 2 heterocycles. The zero-order chi connectivity index (χ0) is 22.4. The number of hydrogen-bond acceptors (Lipinski definition) is 7. The molecule has 1 amide bonds. The Morgan fingerprint density at radius 1 is 1.23 bits per heavy atom. The van der Waals surface area contributed by atoms with Crippen molar-refractivity contribution in [2.24, 2.45) is 5.92 Å². The lowest BCUT2D eigenvalue weighted by Gasteiger charge is -2.23. The summed E-state index contributed by atoms with van der Waals surface area (Å²) in [5.74, 6) is -0.177. The first-order chi connectivity index (χ1) is 14.7. The molecule has 170 valence electrons. The Hall–Kier alpha value is -1.85. The van der Waals surface area contributed by atoms with E-state index >= 15 is 0 Å². The van der Waals surface area contributed by atoms with E-state index in [1.54, 1.807) is 0 Å². The monoisotopic (exact) mass is 466 g/mol. The van der Waals surface area contributed by atoms with E-state index in [0.29, 0.717) is 44.5 Å². The van der Waals surface area contributed by atoms with Gasteiger partial charge in [0.2, 0.25) is 15.9 Å². The highest BCUT2D eigenvalue weighted by molar-refractivity contribution is 7.88. The highest BCUT2D eigenvalue weighted by atomic mass is 32.2. The van der Waals surface area contributed by atoms with E-state index in [9.17, 15) is 13.2 Å². The number of anilines is 1. The van der Waals surface area contributed by atoms with Crippen LogP contribution in [0.2, 0.25) is 0 Å². The Morgan fingerprint density at radius 3 is 2.61 bits per heavy atom. The summed E-state index contributed by atoms with van der Waals surface area (Å²) in [6.07, 6.45) is 1.23. The number of benzene rings is 1. The first-order valence-corrected chi connectivity index (χ1v) is 12.9. The van der Waals surface area contributed by atoms with Crippen molar-refractivity contribution in [1.29, 1.82) is 0 Å². The fourth-order valence-electron chi connectivity index (χ4n) is 3.50. The average molecular weight is 467 g/mol. The number of ether oxygens (including phenoxy) is 1. The fourth-order valence-corrected chi connectivity index (χ4v) is 5.23. The van der Waals surface area contributed by atoms with E-state index < -0.39 is 10.0 Å². The molecule has 1 atom stereocenters. The summed E-state index contributed by atoms with van der Waals surface area (Å²) in [5, 5.41) is 3.45. The Kier molecular flexibility index (Phi) is 8.17. The molecule has 1 aliphatic rings. The molecule has 1 fully saturated rings. The van der Waals surface area contributed by atoms with Crippen molar-refractivity contribution >= 4 is 32.4 Å². The van der Waals surface area contributed by atoms with Crippen molar-refractivity contribution < 1.29 is 17.9 Å². The largest absolute Gasteiger partial charge is 0.376 e. The highest BCUT2D eigenvalue weighted by Gasteiger charge is 2.28. The smallest absolute Gasteiger partial charge is 0.240 e. The Bertz CT molecular complexity index is 959. The molecule has 8 nitrogen and oxygen atoms in total. The van der Waals surface area contributed by atoms with E-state index in [-0.39, 0.29) is 18.4 Å². The van der Waals surface area contributed by atoms with Crippen LogP contribution in [0, 0.1) is 19.8 Å². The van der Waals surface area contributed by atoms with E-state index in [2.05, 4.69) is 10.3 Å². The number of carbonyl (C=O) groups excluding carboxylic acids is 1. The third kappa shape index (κ3) is 7.36. The van der Waals surface area contributed by atoms with Gasteiger partial charge in [0, 0.05) is 37.0 Å². The van der Waals surface area contributed by atoms with Gasteiger partial charge in [-0.3, -0.25) is 9.69 Å². The maximum Gasteiger partial charge on any atom is 0.240 e. The number of aryl methyl sites for hydroxylation is 2. The number of hydrogen-bond donors (Lipinski definition) is 1. The molecule has 3 rings (SSSR count). The summed E-state index contributed by atoms with van der Waals surface area (Å²) in [6, 6.07) is 9.86. The van der Waals surface area contributed by atoms with Gasteiger partial charge in [0.25, 0.3) is 0 Å². The van der Waals surface area contributed by atoms with Crippen LogP contribution >= 0.6 is 11.3 Å². The number of thiazole rings is 1. The summed E-state index contributed by atoms with van der Waals surface area (Å²) in [4.78, 5) is 20.0. The van der Waals surface area contributed by atoms with Crippen molar-refractivity contribution in [3.8, 4) is 0 Å². The van der Waals surface area contributed by atoms with Gasteiger partial charge >= 0.3 is 0 Å². The molecule has 1 aromatic carbocycles. The second-order valence-electron chi connectivity index (χ2n) is 7.93. The van der Waals surface area contributed by atoms with Crippen molar-refractivity contribution in [3.05, 3.63) is 46.5 Å². The Morgan fingerprint density at radius 2 is 1.97 bits per heavy atom. The van der Waals surface area contributed by atoms with Crippen LogP contribution in [0.1, 0.15) is 16.1 Å². The SMILES string of the molecule is Cc1nc(NC(=O)CN2CCN(S(C)(=O)=O)C[C@@H](COCc3ccccc3)C2)sc1C. The van der Waals surface area contributed by atoms with Gasteiger partial charge in [-0.05, 0) is 19.4 Å². The van der Waals surface area contributed by atoms with Crippen molar-refractivity contribution in [2.45, 2.75) is 20.5 Å². The molecule has 0 unspecified atom stereocenters. The highest BCUT2D eigenvalue weighted by Crippen LogP contribution is 2.21. The van der Waals surface area contributed by atoms with Gasteiger partial charge < -0.3 is 10.1 Å². The maximum atomic E-state index is 12.5. The predicted molar refractivity (Wildman–Crippen MR) is 123 cm³/mol. The molecule has 0 saturated carbocycles.